The number of nitrogens with one attached hydrogen (secondary N) is 1. The van der Waals surface area contributed by atoms with Crippen LogP contribution in [0.2, 0.25) is 0 Å². The van der Waals surface area contributed by atoms with Crippen molar-refractivity contribution in [3.8, 4) is 0 Å². The number of hydrogen-bond donors (Lipinski definition) is 1. The summed E-state index contributed by atoms with van der Waals surface area (Å²) in [5.74, 6) is 2.09. The van der Waals surface area contributed by atoms with Gasteiger partial charge in [-0.05, 0) is 19.3 Å². The molecule has 0 aliphatic carbocycles. The molecule has 1 aromatic heterocycles. The van der Waals surface area contributed by atoms with Gasteiger partial charge in [0.2, 0.25) is 17.8 Å². The number of methoxy groups -OCH3 is 1. The molecule has 2 rings (SSSR count). The Hall–Kier alpha value is -1.63. The zero-order chi connectivity index (χ0) is 15.2. The van der Waals surface area contributed by atoms with E-state index < -0.39 is 0 Å². The maximum absolute atomic E-state index is 5.41. The third-order valence-electron chi connectivity index (χ3n) is 3.60. The van der Waals surface area contributed by atoms with E-state index in [-0.39, 0.29) is 0 Å². The Balaban J connectivity index is 2.15. The average Bonchev–Trinajstić information content (AvgIpc) is 2.52. The molecule has 0 unspecified atom stereocenters. The van der Waals surface area contributed by atoms with Crippen LogP contribution in [-0.4, -0.2) is 61.9 Å². The van der Waals surface area contributed by atoms with Crippen molar-refractivity contribution >= 4 is 17.8 Å². The fourth-order valence-electron chi connectivity index (χ4n) is 2.30. The molecule has 1 aliphatic rings. The van der Waals surface area contributed by atoms with Crippen molar-refractivity contribution in [3.05, 3.63) is 0 Å². The topological polar surface area (TPSA) is 66.4 Å². The number of aromatic nitrogens is 3. The van der Waals surface area contributed by atoms with Gasteiger partial charge in [-0.2, -0.15) is 15.0 Å². The lowest BCUT2D eigenvalue weighted by atomic mass is 10.1. The van der Waals surface area contributed by atoms with Crippen molar-refractivity contribution in [1.82, 2.24) is 15.0 Å². The molecule has 1 aliphatic heterocycles. The molecule has 0 spiro atoms. The molecule has 1 N–H and O–H groups in total. The smallest absolute Gasteiger partial charge is 0.231 e. The number of ether oxygens (including phenoxy) is 1. The second-order valence-electron chi connectivity index (χ2n) is 5.50. The Bertz CT molecular complexity index is 445. The van der Waals surface area contributed by atoms with Gasteiger partial charge >= 0.3 is 0 Å². The molecule has 21 heavy (non-hydrogen) atoms. The minimum absolute atomic E-state index is 0.356. The fourth-order valence-corrected chi connectivity index (χ4v) is 2.30. The molecule has 0 aromatic carbocycles. The lowest BCUT2D eigenvalue weighted by Crippen LogP contribution is -2.38. The molecule has 1 fully saturated rings. The number of anilines is 3. The van der Waals surface area contributed by atoms with Crippen LogP contribution in [0, 0.1) is 0 Å². The second-order valence-corrected chi connectivity index (χ2v) is 5.50. The number of rotatable bonds is 6. The van der Waals surface area contributed by atoms with Gasteiger partial charge in [-0.3, -0.25) is 0 Å². The lowest BCUT2D eigenvalue weighted by molar-refractivity contribution is 0.0816. The van der Waals surface area contributed by atoms with Gasteiger partial charge in [0.1, 0.15) is 0 Å². The molecule has 118 valence electrons. The zero-order valence-electron chi connectivity index (χ0n) is 13.5. The molecule has 0 radical (unpaired) electrons. The highest BCUT2D eigenvalue weighted by molar-refractivity contribution is 5.44. The standard InChI is InChI=1S/C14H26N6O/c1-5-8-15-12-16-13(19(2)3)18-14(17-12)20-9-6-11(21-4)7-10-20/h11H,5-10H2,1-4H3,(H,15,16,17,18). The third kappa shape index (κ3) is 4.17. The lowest BCUT2D eigenvalue weighted by Gasteiger charge is -2.31. The summed E-state index contributed by atoms with van der Waals surface area (Å²) in [5, 5.41) is 3.25. The summed E-state index contributed by atoms with van der Waals surface area (Å²) in [7, 11) is 5.67. The third-order valence-corrected chi connectivity index (χ3v) is 3.60. The van der Waals surface area contributed by atoms with Crippen LogP contribution in [0.15, 0.2) is 0 Å². The minimum atomic E-state index is 0.356. The fraction of sp³-hybridized carbons (Fsp3) is 0.786. The monoisotopic (exact) mass is 294 g/mol. The summed E-state index contributed by atoms with van der Waals surface area (Å²) in [6.45, 7) is 4.82. The van der Waals surface area contributed by atoms with E-state index in [0.29, 0.717) is 18.0 Å². The van der Waals surface area contributed by atoms with Crippen LogP contribution in [0.3, 0.4) is 0 Å². The molecule has 0 amide bonds. The Kier molecular flexibility index (Phi) is 5.55. The summed E-state index contributed by atoms with van der Waals surface area (Å²) in [6.07, 6.45) is 3.42. The molecule has 0 bridgehead atoms. The first-order valence-electron chi connectivity index (χ1n) is 7.59. The van der Waals surface area contributed by atoms with Gasteiger partial charge < -0.3 is 19.9 Å². The number of piperidine rings is 1. The Morgan fingerprint density at radius 1 is 1.24 bits per heavy atom. The first-order chi connectivity index (χ1) is 10.1. The molecule has 2 heterocycles. The van der Waals surface area contributed by atoms with E-state index in [1.807, 2.05) is 19.0 Å². The highest BCUT2D eigenvalue weighted by Gasteiger charge is 2.22. The van der Waals surface area contributed by atoms with Crippen molar-refractivity contribution in [1.29, 1.82) is 0 Å². The molecular weight excluding hydrogens is 268 g/mol. The van der Waals surface area contributed by atoms with Gasteiger partial charge in [0, 0.05) is 40.8 Å². The average molecular weight is 294 g/mol. The van der Waals surface area contributed by atoms with Crippen LogP contribution in [-0.2, 0) is 4.74 Å². The van der Waals surface area contributed by atoms with Crippen LogP contribution in [0.4, 0.5) is 17.8 Å². The van der Waals surface area contributed by atoms with Crippen molar-refractivity contribution in [2.45, 2.75) is 32.3 Å². The predicted octanol–water partition coefficient (Wildman–Crippen LogP) is 1.37. The summed E-state index contributed by atoms with van der Waals surface area (Å²) >= 11 is 0. The van der Waals surface area contributed by atoms with E-state index in [4.69, 9.17) is 4.74 Å². The second kappa shape index (κ2) is 7.40. The van der Waals surface area contributed by atoms with E-state index in [2.05, 4.69) is 32.1 Å². The van der Waals surface area contributed by atoms with Crippen LogP contribution in [0.25, 0.3) is 0 Å². The summed E-state index contributed by atoms with van der Waals surface area (Å²) in [6, 6.07) is 0. The maximum atomic E-state index is 5.41. The molecule has 0 atom stereocenters. The van der Waals surface area contributed by atoms with Gasteiger partial charge in [-0.15, -0.1) is 0 Å². The highest BCUT2D eigenvalue weighted by Crippen LogP contribution is 2.20. The van der Waals surface area contributed by atoms with Crippen molar-refractivity contribution in [3.63, 3.8) is 0 Å². The maximum Gasteiger partial charge on any atom is 0.231 e. The highest BCUT2D eigenvalue weighted by atomic mass is 16.5. The summed E-state index contributed by atoms with van der Waals surface area (Å²) in [4.78, 5) is 17.7. The van der Waals surface area contributed by atoms with E-state index >= 15 is 0 Å². The van der Waals surface area contributed by atoms with Crippen LogP contribution in [0.1, 0.15) is 26.2 Å². The molecule has 1 aromatic rings. The van der Waals surface area contributed by atoms with Crippen molar-refractivity contribution < 1.29 is 4.74 Å². The van der Waals surface area contributed by atoms with E-state index in [9.17, 15) is 0 Å². The molecule has 1 saturated heterocycles. The minimum Gasteiger partial charge on any atom is -0.381 e. The largest absolute Gasteiger partial charge is 0.381 e. The van der Waals surface area contributed by atoms with Crippen LogP contribution >= 0.6 is 0 Å². The number of hydrogen-bond acceptors (Lipinski definition) is 7. The Morgan fingerprint density at radius 2 is 1.95 bits per heavy atom. The van der Waals surface area contributed by atoms with E-state index in [1.165, 1.54) is 0 Å². The molecule has 0 saturated carbocycles. The molecule has 7 heteroatoms. The van der Waals surface area contributed by atoms with E-state index in [1.54, 1.807) is 7.11 Å². The van der Waals surface area contributed by atoms with Gasteiger partial charge in [0.15, 0.2) is 0 Å². The van der Waals surface area contributed by atoms with Crippen LogP contribution < -0.4 is 15.1 Å². The van der Waals surface area contributed by atoms with Crippen LogP contribution in [0.5, 0.6) is 0 Å². The predicted molar refractivity (Wildman–Crippen MR) is 85.2 cm³/mol. The molecular formula is C14H26N6O. The van der Waals surface area contributed by atoms with Gasteiger partial charge in [-0.1, -0.05) is 6.92 Å². The quantitative estimate of drug-likeness (QED) is 0.850. The van der Waals surface area contributed by atoms with E-state index in [0.717, 1.165) is 44.8 Å². The van der Waals surface area contributed by atoms with Gasteiger partial charge in [0.05, 0.1) is 6.10 Å². The summed E-state index contributed by atoms with van der Waals surface area (Å²) in [5.41, 5.74) is 0. The Labute approximate surface area is 126 Å². The van der Waals surface area contributed by atoms with Gasteiger partial charge in [-0.25, -0.2) is 0 Å². The number of nitrogens with zero attached hydrogens (tertiary/aromatic N) is 5. The molecule has 7 nitrogen and oxygen atoms in total. The first-order valence-corrected chi connectivity index (χ1v) is 7.59. The van der Waals surface area contributed by atoms with Crippen molar-refractivity contribution in [2.75, 3.05) is 56.0 Å². The van der Waals surface area contributed by atoms with Gasteiger partial charge in [0.25, 0.3) is 0 Å². The SMILES string of the molecule is CCCNc1nc(N(C)C)nc(N2CCC(OC)CC2)n1. The summed E-state index contributed by atoms with van der Waals surface area (Å²) < 4.78 is 5.41. The normalized spacial score (nSPS) is 16.1. The Morgan fingerprint density at radius 3 is 2.52 bits per heavy atom. The zero-order valence-corrected chi connectivity index (χ0v) is 13.5. The van der Waals surface area contributed by atoms with Crippen molar-refractivity contribution in [2.24, 2.45) is 0 Å². The first kappa shape index (κ1) is 15.8.